The molecule has 0 unspecified atom stereocenters. The lowest BCUT2D eigenvalue weighted by Crippen LogP contribution is -1.96. The number of pyridine rings is 1. The van der Waals surface area contributed by atoms with Gasteiger partial charge in [-0.2, -0.15) is 0 Å². The van der Waals surface area contributed by atoms with E-state index in [-0.39, 0.29) is 0 Å². The van der Waals surface area contributed by atoms with Crippen LogP contribution in [0.4, 0.5) is 0 Å². The number of nitrogens with zero attached hydrogens (tertiary/aromatic N) is 1. The predicted molar refractivity (Wildman–Crippen MR) is 55.6 cm³/mol. The highest BCUT2D eigenvalue weighted by atomic mass is 79.9. The molecule has 0 aliphatic carbocycles. The molecule has 0 radical (unpaired) electrons. The Morgan fingerprint density at radius 1 is 1.42 bits per heavy atom. The summed E-state index contributed by atoms with van der Waals surface area (Å²) in [6.45, 7) is 4.22. The van der Waals surface area contributed by atoms with Crippen molar-refractivity contribution in [3.8, 4) is 0 Å². The molecule has 0 atom stereocenters. The SMILES string of the molecule is CCCc1nc(C)ccc1CBr. The summed E-state index contributed by atoms with van der Waals surface area (Å²) in [5.41, 5.74) is 3.68. The van der Waals surface area contributed by atoms with E-state index < -0.39 is 0 Å². The molecule has 1 rings (SSSR count). The molecule has 0 spiro atoms. The zero-order chi connectivity index (χ0) is 8.97. The number of hydrogen-bond acceptors (Lipinski definition) is 1. The van der Waals surface area contributed by atoms with Crippen LogP contribution in [0.25, 0.3) is 0 Å². The van der Waals surface area contributed by atoms with Crippen molar-refractivity contribution < 1.29 is 0 Å². The van der Waals surface area contributed by atoms with Crippen molar-refractivity contribution in [3.05, 3.63) is 29.1 Å². The van der Waals surface area contributed by atoms with Crippen molar-refractivity contribution in [2.24, 2.45) is 0 Å². The van der Waals surface area contributed by atoms with Crippen LogP contribution in [0.15, 0.2) is 12.1 Å². The summed E-state index contributed by atoms with van der Waals surface area (Å²) in [7, 11) is 0. The molecule has 0 fully saturated rings. The Bertz CT molecular complexity index is 258. The Balaban J connectivity index is 2.95. The van der Waals surface area contributed by atoms with Crippen molar-refractivity contribution in [1.82, 2.24) is 4.98 Å². The second-order valence-corrected chi connectivity index (χ2v) is 3.50. The molecule has 0 bridgehead atoms. The van der Waals surface area contributed by atoms with Crippen LogP contribution >= 0.6 is 15.9 Å². The van der Waals surface area contributed by atoms with Crippen LogP contribution in [0.2, 0.25) is 0 Å². The summed E-state index contributed by atoms with van der Waals surface area (Å²) in [5.74, 6) is 0. The van der Waals surface area contributed by atoms with E-state index in [0.29, 0.717) is 0 Å². The number of hydrogen-bond donors (Lipinski definition) is 0. The van der Waals surface area contributed by atoms with Crippen LogP contribution in [0.5, 0.6) is 0 Å². The third-order valence-corrected chi connectivity index (χ3v) is 2.44. The molecule has 1 nitrogen and oxygen atoms in total. The average molecular weight is 228 g/mol. The minimum atomic E-state index is 0.912. The van der Waals surface area contributed by atoms with Crippen LogP contribution in [0.1, 0.15) is 30.3 Å². The maximum absolute atomic E-state index is 4.50. The monoisotopic (exact) mass is 227 g/mol. The lowest BCUT2D eigenvalue weighted by atomic mass is 10.1. The summed E-state index contributed by atoms with van der Waals surface area (Å²) in [6.07, 6.45) is 2.25. The first-order chi connectivity index (χ1) is 5.77. The first-order valence-electron chi connectivity index (χ1n) is 4.29. The van der Waals surface area contributed by atoms with E-state index >= 15 is 0 Å². The third-order valence-electron chi connectivity index (χ3n) is 1.84. The molecule has 0 saturated heterocycles. The number of alkyl halides is 1. The molecule has 1 aromatic heterocycles. The van der Waals surface area contributed by atoms with Crippen LogP contribution in [-0.4, -0.2) is 4.98 Å². The number of rotatable bonds is 3. The number of aryl methyl sites for hydroxylation is 2. The van der Waals surface area contributed by atoms with Gasteiger partial charge in [-0.1, -0.05) is 35.3 Å². The van der Waals surface area contributed by atoms with E-state index in [4.69, 9.17) is 0 Å². The second-order valence-electron chi connectivity index (χ2n) is 2.94. The van der Waals surface area contributed by atoms with E-state index in [1.54, 1.807) is 0 Å². The molecule has 1 aromatic rings. The van der Waals surface area contributed by atoms with Gasteiger partial charge >= 0.3 is 0 Å². The molecule has 0 saturated carbocycles. The molecule has 0 N–H and O–H groups in total. The molecule has 1 heterocycles. The summed E-state index contributed by atoms with van der Waals surface area (Å²) < 4.78 is 0. The maximum atomic E-state index is 4.50. The van der Waals surface area contributed by atoms with Gasteiger partial charge in [-0.05, 0) is 25.0 Å². The minimum Gasteiger partial charge on any atom is -0.258 e. The van der Waals surface area contributed by atoms with Gasteiger partial charge in [0.1, 0.15) is 0 Å². The minimum absolute atomic E-state index is 0.912. The van der Waals surface area contributed by atoms with Crippen molar-refractivity contribution in [2.45, 2.75) is 32.0 Å². The summed E-state index contributed by atoms with van der Waals surface area (Å²) in [4.78, 5) is 4.50. The molecule has 66 valence electrons. The zero-order valence-electron chi connectivity index (χ0n) is 7.60. The van der Waals surface area contributed by atoms with E-state index in [9.17, 15) is 0 Å². The topological polar surface area (TPSA) is 12.9 Å². The standard InChI is InChI=1S/C10H14BrN/c1-3-4-10-9(7-11)6-5-8(2)12-10/h5-6H,3-4,7H2,1-2H3. The Morgan fingerprint density at radius 3 is 2.75 bits per heavy atom. The largest absolute Gasteiger partial charge is 0.258 e. The maximum Gasteiger partial charge on any atom is 0.0447 e. The summed E-state index contributed by atoms with van der Waals surface area (Å²) in [5, 5.41) is 0.912. The highest BCUT2D eigenvalue weighted by molar-refractivity contribution is 9.08. The molecule has 2 heteroatoms. The van der Waals surface area contributed by atoms with Gasteiger partial charge in [0.2, 0.25) is 0 Å². The molecular formula is C10H14BrN. The van der Waals surface area contributed by atoms with Crippen LogP contribution in [0.3, 0.4) is 0 Å². The predicted octanol–water partition coefficient (Wildman–Crippen LogP) is 3.24. The van der Waals surface area contributed by atoms with E-state index in [0.717, 1.165) is 23.9 Å². The Kier molecular flexibility index (Phi) is 3.73. The van der Waals surface area contributed by atoms with Crippen LogP contribution in [-0.2, 0) is 11.8 Å². The van der Waals surface area contributed by atoms with Gasteiger partial charge in [-0.15, -0.1) is 0 Å². The van der Waals surface area contributed by atoms with Gasteiger partial charge in [0.15, 0.2) is 0 Å². The fraction of sp³-hybridized carbons (Fsp3) is 0.500. The van der Waals surface area contributed by atoms with Crippen molar-refractivity contribution in [1.29, 1.82) is 0 Å². The first kappa shape index (κ1) is 9.72. The molecule has 0 aliphatic rings. The van der Waals surface area contributed by atoms with Crippen molar-refractivity contribution in [3.63, 3.8) is 0 Å². The van der Waals surface area contributed by atoms with Gasteiger partial charge in [-0.25, -0.2) is 0 Å². The quantitative estimate of drug-likeness (QED) is 0.723. The average Bonchev–Trinajstić information content (AvgIpc) is 2.05. The smallest absolute Gasteiger partial charge is 0.0447 e. The molecule has 12 heavy (non-hydrogen) atoms. The molecular weight excluding hydrogens is 214 g/mol. The summed E-state index contributed by atoms with van der Waals surface area (Å²) >= 11 is 3.46. The molecule has 0 amide bonds. The van der Waals surface area contributed by atoms with Gasteiger partial charge in [0.25, 0.3) is 0 Å². The molecule has 0 aliphatic heterocycles. The third kappa shape index (κ3) is 2.31. The van der Waals surface area contributed by atoms with Gasteiger partial charge in [0.05, 0.1) is 0 Å². The normalized spacial score (nSPS) is 10.2. The zero-order valence-corrected chi connectivity index (χ0v) is 9.19. The van der Waals surface area contributed by atoms with E-state index in [2.05, 4.69) is 40.0 Å². The van der Waals surface area contributed by atoms with Crippen molar-refractivity contribution >= 4 is 15.9 Å². The Morgan fingerprint density at radius 2 is 2.17 bits per heavy atom. The fourth-order valence-corrected chi connectivity index (χ4v) is 1.72. The number of aromatic nitrogens is 1. The first-order valence-corrected chi connectivity index (χ1v) is 5.41. The second kappa shape index (κ2) is 4.61. The van der Waals surface area contributed by atoms with Crippen LogP contribution in [0, 0.1) is 6.92 Å². The Labute approximate surface area is 82.3 Å². The van der Waals surface area contributed by atoms with E-state index in [1.165, 1.54) is 11.3 Å². The number of halogens is 1. The lowest BCUT2D eigenvalue weighted by molar-refractivity contribution is 0.861. The lowest BCUT2D eigenvalue weighted by Gasteiger charge is -2.05. The fourth-order valence-electron chi connectivity index (χ4n) is 1.21. The highest BCUT2D eigenvalue weighted by Crippen LogP contribution is 2.12. The van der Waals surface area contributed by atoms with Crippen LogP contribution < -0.4 is 0 Å². The van der Waals surface area contributed by atoms with Gasteiger partial charge in [-0.3, -0.25) is 4.98 Å². The summed E-state index contributed by atoms with van der Waals surface area (Å²) in [6, 6.07) is 4.22. The highest BCUT2D eigenvalue weighted by Gasteiger charge is 2.01. The van der Waals surface area contributed by atoms with Gasteiger partial charge in [0, 0.05) is 16.7 Å². The molecule has 0 aromatic carbocycles. The van der Waals surface area contributed by atoms with E-state index in [1.807, 2.05) is 6.92 Å². The Hall–Kier alpha value is -0.370. The van der Waals surface area contributed by atoms with Gasteiger partial charge < -0.3 is 0 Å². The van der Waals surface area contributed by atoms with Crippen molar-refractivity contribution in [2.75, 3.05) is 0 Å².